The first-order chi connectivity index (χ1) is 20.3. The summed E-state index contributed by atoms with van der Waals surface area (Å²) < 4.78 is 32.0. The fourth-order valence-electron chi connectivity index (χ4n) is 5.59. The number of hydrogen-bond acceptors (Lipinski definition) is 5. The number of fused-ring (bicyclic) bond motifs is 2. The molecule has 1 aliphatic heterocycles. The van der Waals surface area contributed by atoms with Gasteiger partial charge in [-0.25, -0.2) is 4.39 Å². The van der Waals surface area contributed by atoms with Gasteiger partial charge in [0.15, 0.2) is 16.9 Å². The summed E-state index contributed by atoms with van der Waals surface area (Å²) in [7, 11) is 0. The van der Waals surface area contributed by atoms with Crippen molar-refractivity contribution < 1.29 is 23.1 Å². The summed E-state index contributed by atoms with van der Waals surface area (Å²) in [5, 5.41) is 0.431. The topological polar surface area (TPSA) is 69.0 Å². The molecule has 6 rings (SSSR count). The smallest absolute Gasteiger partial charge is 0.291 e. The van der Waals surface area contributed by atoms with Gasteiger partial charge in [0.2, 0.25) is 5.76 Å². The van der Waals surface area contributed by atoms with Crippen molar-refractivity contribution in [2.45, 2.75) is 40.0 Å². The molecular formula is C35H30FNO5. The average molecular weight is 564 g/mol. The molecule has 0 fully saturated rings. The molecule has 42 heavy (non-hydrogen) atoms. The Balaban J connectivity index is 1.48. The van der Waals surface area contributed by atoms with Crippen molar-refractivity contribution in [2.24, 2.45) is 0 Å². The summed E-state index contributed by atoms with van der Waals surface area (Å²) in [6.07, 6.45) is 0. The summed E-state index contributed by atoms with van der Waals surface area (Å²) in [6, 6.07) is 24.2. The molecular weight excluding hydrogens is 533 g/mol. The quantitative estimate of drug-likeness (QED) is 0.199. The summed E-state index contributed by atoms with van der Waals surface area (Å²) in [5.41, 5.74) is 4.55. The van der Waals surface area contributed by atoms with Crippen LogP contribution in [0.5, 0.6) is 11.5 Å². The number of ether oxygens (including phenoxy) is 2. The minimum absolute atomic E-state index is 0.0222. The summed E-state index contributed by atoms with van der Waals surface area (Å²) >= 11 is 0. The van der Waals surface area contributed by atoms with Gasteiger partial charge in [0.1, 0.15) is 18.0 Å². The van der Waals surface area contributed by atoms with Crippen LogP contribution in [0.1, 0.15) is 56.9 Å². The first kappa shape index (κ1) is 27.3. The van der Waals surface area contributed by atoms with Crippen molar-refractivity contribution in [1.29, 1.82) is 0 Å². The Hall–Kier alpha value is -4.91. The molecule has 1 atom stereocenters. The molecule has 0 saturated carbocycles. The summed E-state index contributed by atoms with van der Waals surface area (Å²) in [5.74, 6) is 0.309. The largest absolute Gasteiger partial charge is 0.490 e. The Morgan fingerprint density at radius 3 is 2.36 bits per heavy atom. The minimum atomic E-state index is -0.749. The maximum Gasteiger partial charge on any atom is 0.291 e. The molecule has 1 aliphatic rings. The Bertz CT molecular complexity index is 1850. The molecule has 5 aromatic rings. The van der Waals surface area contributed by atoms with Gasteiger partial charge >= 0.3 is 0 Å². The van der Waals surface area contributed by atoms with Crippen LogP contribution in [0, 0.1) is 19.7 Å². The monoisotopic (exact) mass is 563 g/mol. The van der Waals surface area contributed by atoms with Crippen LogP contribution in [0.15, 0.2) is 94.1 Å². The first-order valence-corrected chi connectivity index (χ1v) is 13.9. The van der Waals surface area contributed by atoms with E-state index < -0.39 is 11.9 Å². The molecule has 6 nitrogen and oxygen atoms in total. The van der Waals surface area contributed by atoms with E-state index in [1.165, 1.54) is 12.1 Å². The predicted molar refractivity (Wildman–Crippen MR) is 158 cm³/mol. The van der Waals surface area contributed by atoms with E-state index in [4.69, 9.17) is 13.9 Å². The van der Waals surface area contributed by atoms with Crippen LogP contribution in [0.2, 0.25) is 0 Å². The van der Waals surface area contributed by atoms with Crippen LogP contribution in [0.4, 0.5) is 4.39 Å². The Labute approximate surface area is 242 Å². The van der Waals surface area contributed by atoms with E-state index in [0.29, 0.717) is 41.2 Å². The molecule has 0 N–H and O–H groups in total. The van der Waals surface area contributed by atoms with Crippen LogP contribution in [0.3, 0.4) is 0 Å². The molecule has 7 heteroatoms. The molecule has 2 heterocycles. The molecule has 1 unspecified atom stereocenters. The molecule has 1 amide bonds. The minimum Gasteiger partial charge on any atom is -0.490 e. The Morgan fingerprint density at radius 1 is 0.857 bits per heavy atom. The number of halogens is 1. The van der Waals surface area contributed by atoms with Gasteiger partial charge in [0.05, 0.1) is 23.6 Å². The van der Waals surface area contributed by atoms with Gasteiger partial charge in [-0.1, -0.05) is 54.6 Å². The highest BCUT2D eigenvalue weighted by molar-refractivity contribution is 5.99. The lowest BCUT2D eigenvalue weighted by molar-refractivity contribution is 0.0714. The van der Waals surface area contributed by atoms with Crippen molar-refractivity contribution >= 4 is 16.9 Å². The highest BCUT2D eigenvalue weighted by atomic mass is 19.1. The second-order valence-electron chi connectivity index (χ2n) is 10.5. The third-order valence-electron chi connectivity index (χ3n) is 7.48. The van der Waals surface area contributed by atoms with E-state index >= 15 is 0 Å². The molecule has 4 aromatic carbocycles. The SMILES string of the molecule is CCOc1cc(C2c3c(oc4c(C)cc(C)cc4c3=O)C(=O)N2Cc2ccc(F)cc2)ccc1OCc1ccccc1. The Morgan fingerprint density at radius 2 is 1.62 bits per heavy atom. The fraction of sp³-hybridized carbons (Fsp3) is 0.200. The van der Waals surface area contributed by atoms with Gasteiger partial charge in [0.25, 0.3) is 5.91 Å². The lowest BCUT2D eigenvalue weighted by Crippen LogP contribution is -2.29. The zero-order valence-electron chi connectivity index (χ0n) is 23.6. The highest BCUT2D eigenvalue weighted by Crippen LogP contribution is 2.42. The third kappa shape index (κ3) is 5.02. The van der Waals surface area contributed by atoms with Gasteiger partial charge < -0.3 is 18.8 Å². The lowest BCUT2D eigenvalue weighted by atomic mass is 9.96. The number of nitrogens with zero attached hydrogens (tertiary/aromatic N) is 1. The van der Waals surface area contributed by atoms with Gasteiger partial charge in [-0.3, -0.25) is 9.59 Å². The van der Waals surface area contributed by atoms with Gasteiger partial charge in [-0.05, 0) is 78.9 Å². The van der Waals surface area contributed by atoms with Crippen molar-refractivity contribution in [3.63, 3.8) is 0 Å². The maximum atomic E-state index is 14.1. The van der Waals surface area contributed by atoms with E-state index in [9.17, 15) is 14.0 Å². The van der Waals surface area contributed by atoms with Crippen LogP contribution in [0.25, 0.3) is 11.0 Å². The number of hydrogen-bond donors (Lipinski definition) is 0. The second-order valence-corrected chi connectivity index (χ2v) is 10.5. The fourth-order valence-corrected chi connectivity index (χ4v) is 5.59. The van der Waals surface area contributed by atoms with Crippen molar-refractivity contribution in [3.05, 3.63) is 140 Å². The van der Waals surface area contributed by atoms with E-state index in [1.54, 1.807) is 29.2 Å². The van der Waals surface area contributed by atoms with Crippen LogP contribution < -0.4 is 14.9 Å². The summed E-state index contributed by atoms with van der Waals surface area (Å²) in [4.78, 5) is 29.6. The number of benzene rings is 4. The van der Waals surface area contributed by atoms with Crippen molar-refractivity contribution in [2.75, 3.05) is 6.61 Å². The lowest BCUT2D eigenvalue weighted by Gasteiger charge is -2.26. The predicted octanol–water partition coefficient (Wildman–Crippen LogP) is 7.27. The third-order valence-corrected chi connectivity index (χ3v) is 7.48. The highest BCUT2D eigenvalue weighted by Gasteiger charge is 2.43. The van der Waals surface area contributed by atoms with Gasteiger partial charge in [-0.15, -0.1) is 0 Å². The first-order valence-electron chi connectivity index (χ1n) is 13.9. The average Bonchev–Trinajstić information content (AvgIpc) is 3.26. The number of rotatable bonds is 8. The number of amides is 1. The van der Waals surface area contributed by atoms with Crippen LogP contribution >= 0.6 is 0 Å². The van der Waals surface area contributed by atoms with E-state index in [1.807, 2.05) is 69.3 Å². The maximum absolute atomic E-state index is 14.1. The molecule has 0 aliphatic carbocycles. The van der Waals surface area contributed by atoms with Gasteiger partial charge in [-0.2, -0.15) is 0 Å². The van der Waals surface area contributed by atoms with E-state index in [-0.39, 0.29) is 29.1 Å². The number of carbonyl (C=O) groups is 1. The molecule has 0 saturated heterocycles. The van der Waals surface area contributed by atoms with E-state index in [2.05, 4.69) is 0 Å². The van der Waals surface area contributed by atoms with Crippen molar-refractivity contribution in [3.8, 4) is 11.5 Å². The number of aryl methyl sites for hydroxylation is 2. The standard InChI is InChI=1S/C35H30FNO5/c1-4-40-29-18-25(12-15-28(29)41-20-24-8-6-5-7-9-24)31-30-32(38)27-17-21(2)16-22(3)33(27)42-34(30)35(39)37(31)19-23-10-13-26(36)14-11-23/h5-18,31H,4,19-20H2,1-3H3. The second kappa shape index (κ2) is 11.2. The number of carbonyl (C=O) groups excluding carboxylic acids is 1. The molecule has 0 bridgehead atoms. The molecule has 212 valence electrons. The van der Waals surface area contributed by atoms with Crippen molar-refractivity contribution in [1.82, 2.24) is 4.90 Å². The zero-order valence-corrected chi connectivity index (χ0v) is 23.6. The summed E-state index contributed by atoms with van der Waals surface area (Å²) in [6.45, 7) is 6.57. The van der Waals surface area contributed by atoms with Gasteiger partial charge in [0, 0.05) is 6.54 Å². The zero-order chi connectivity index (χ0) is 29.4. The molecule has 0 radical (unpaired) electrons. The molecule has 1 aromatic heterocycles. The molecule has 0 spiro atoms. The van der Waals surface area contributed by atoms with Crippen LogP contribution in [-0.2, 0) is 13.2 Å². The van der Waals surface area contributed by atoms with Crippen LogP contribution in [-0.4, -0.2) is 17.4 Å². The Kier molecular flexibility index (Phi) is 7.25. The normalized spacial score (nSPS) is 14.3. The van der Waals surface area contributed by atoms with E-state index in [0.717, 1.165) is 22.3 Å².